The van der Waals surface area contributed by atoms with Gasteiger partial charge in [0.05, 0.1) is 7.11 Å². The Balaban J connectivity index is 1.84. The van der Waals surface area contributed by atoms with Gasteiger partial charge in [0.2, 0.25) is 0 Å². The van der Waals surface area contributed by atoms with Crippen LogP contribution in [0.2, 0.25) is 5.02 Å². The Morgan fingerprint density at radius 2 is 1.71 bits per heavy atom. The number of anilines is 1. The number of hydrogen-bond donors (Lipinski definition) is 2. The van der Waals surface area contributed by atoms with Crippen molar-refractivity contribution in [2.45, 2.75) is 19.0 Å². The molecule has 3 N–H and O–H groups in total. The van der Waals surface area contributed by atoms with Crippen molar-refractivity contribution in [3.05, 3.63) is 95.0 Å². The average molecular weight is 396 g/mol. The van der Waals surface area contributed by atoms with Crippen molar-refractivity contribution >= 4 is 23.2 Å². The molecule has 28 heavy (non-hydrogen) atoms. The van der Waals surface area contributed by atoms with Gasteiger partial charge in [0, 0.05) is 27.9 Å². The van der Waals surface area contributed by atoms with Crippen LogP contribution in [0.4, 0.5) is 5.69 Å². The summed E-state index contributed by atoms with van der Waals surface area (Å²) >= 11 is 6.36. The van der Waals surface area contributed by atoms with E-state index in [0.29, 0.717) is 16.5 Å². The van der Waals surface area contributed by atoms with Crippen LogP contribution in [-0.4, -0.2) is 13.0 Å². The first-order chi connectivity index (χ1) is 13.6. The van der Waals surface area contributed by atoms with Crippen molar-refractivity contribution in [3.8, 4) is 5.75 Å². The van der Waals surface area contributed by atoms with Crippen molar-refractivity contribution in [1.29, 1.82) is 0 Å². The summed E-state index contributed by atoms with van der Waals surface area (Å²) in [6.07, 6.45) is 0. The lowest BCUT2D eigenvalue weighted by atomic mass is 10.0. The molecule has 2 atom stereocenters. The Hall–Kier alpha value is -2.82. The van der Waals surface area contributed by atoms with Crippen molar-refractivity contribution in [3.63, 3.8) is 0 Å². The van der Waals surface area contributed by atoms with Gasteiger partial charge in [-0.3, -0.25) is 4.79 Å². The van der Waals surface area contributed by atoms with E-state index in [1.54, 1.807) is 13.2 Å². The second-order valence-corrected chi connectivity index (χ2v) is 7.02. The quantitative estimate of drug-likeness (QED) is 0.624. The van der Waals surface area contributed by atoms with Crippen LogP contribution < -0.4 is 15.4 Å². The van der Waals surface area contributed by atoms with Gasteiger partial charge in [-0.15, -0.1) is 0 Å². The molecule has 0 aliphatic heterocycles. The van der Waals surface area contributed by atoms with E-state index >= 15 is 0 Å². The lowest BCUT2D eigenvalue weighted by Crippen LogP contribution is -2.87. The topological polar surface area (TPSA) is 54.9 Å². The molecule has 0 aliphatic carbocycles. The van der Waals surface area contributed by atoms with Gasteiger partial charge in [0.25, 0.3) is 5.91 Å². The number of ether oxygens (including phenoxy) is 1. The first kappa shape index (κ1) is 19.9. The molecule has 0 radical (unpaired) electrons. The molecular formula is C23H24ClN2O2+. The minimum absolute atomic E-state index is 0.00923. The maximum Gasteiger partial charge on any atom is 0.287 e. The summed E-state index contributed by atoms with van der Waals surface area (Å²) in [6, 6.07) is 24.4. The number of methoxy groups -OCH3 is 1. The van der Waals surface area contributed by atoms with Crippen molar-refractivity contribution in [2.24, 2.45) is 0 Å². The predicted octanol–water partition coefficient (Wildman–Crippen LogP) is 4.35. The molecule has 0 fully saturated rings. The van der Waals surface area contributed by atoms with Crippen LogP contribution in [0.15, 0.2) is 78.9 Å². The van der Waals surface area contributed by atoms with Crippen LogP contribution in [-0.2, 0) is 4.79 Å². The van der Waals surface area contributed by atoms with Gasteiger partial charge in [-0.1, -0.05) is 66.2 Å². The number of benzene rings is 3. The highest BCUT2D eigenvalue weighted by Gasteiger charge is 2.27. The van der Waals surface area contributed by atoms with Gasteiger partial charge in [-0.25, -0.2) is 0 Å². The number of amides is 1. The van der Waals surface area contributed by atoms with E-state index in [0.717, 1.165) is 11.1 Å². The molecule has 0 saturated carbocycles. The van der Waals surface area contributed by atoms with Gasteiger partial charge in [0.1, 0.15) is 11.8 Å². The molecule has 0 unspecified atom stereocenters. The molecule has 0 heterocycles. The molecule has 5 heteroatoms. The third-order valence-corrected chi connectivity index (χ3v) is 5.00. The molecule has 0 aliphatic rings. The average Bonchev–Trinajstić information content (AvgIpc) is 2.73. The van der Waals surface area contributed by atoms with E-state index < -0.39 is 6.04 Å². The summed E-state index contributed by atoms with van der Waals surface area (Å²) < 4.78 is 5.24. The molecule has 3 aromatic rings. The van der Waals surface area contributed by atoms with Gasteiger partial charge < -0.3 is 15.4 Å². The number of carbonyl (C=O) groups excluding carboxylic acids is 1. The van der Waals surface area contributed by atoms with Crippen LogP contribution >= 0.6 is 11.6 Å². The largest absolute Gasteiger partial charge is 0.497 e. The highest BCUT2D eigenvalue weighted by Crippen LogP contribution is 2.22. The standard InChI is InChI=1S/C23H23ClN2O2/c1-16(20-13-6-7-14-21(20)24)25-22(17-9-4-3-5-10-17)23(27)26-18-11-8-12-19(15-18)28-2/h3-16,22,25H,1-2H3,(H,26,27)/p+1/t16-,22-/m0/s1. The summed E-state index contributed by atoms with van der Waals surface area (Å²) in [5.41, 5.74) is 2.63. The Bertz CT molecular complexity index is 931. The lowest BCUT2D eigenvalue weighted by Gasteiger charge is -2.21. The third kappa shape index (κ3) is 4.91. The van der Waals surface area contributed by atoms with Crippen LogP contribution in [0, 0.1) is 0 Å². The Kier molecular flexibility index (Phi) is 6.69. The lowest BCUT2D eigenvalue weighted by molar-refractivity contribution is -0.718. The van der Waals surface area contributed by atoms with E-state index in [-0.39, 0.29) is 11.9 Å². The number of carbonyl (C=O) groups is 1. The first-order valence-corrected chi connectivity index (χ1v) is 9.55. The molecule has 0 spiro atoms. The number of rotatable bonds is 7. The van der Waals surface area contributed by atoms with Crippen molar-refractivity contribution in [2.75, 3.05) is 12.4 Å². The van der Waals surface area contributed by atoms with E-state index in [2.05, 4.69) is 12.2 Å². The number of nitrogens with two attached hydrogens (primary N) is 1. The number of hydrogen-bond acceptors (Lipinski definition) is 2. The number of nitrogens with one attached hydrogen (secondary N) is 1. The summed E-state index contributed by atoms with van der Waals surface area (Å²) in [5.74, 6) is 0.598. The smallest absolute Gasteiger partial charge is 0.287 e. The van der Waals surface area contributed by atoms with Crippen LogP contribution in [0.25, 0.3) is 0 Å². The van der Waals surface area contributed by atoms with Crippen LogP contribution in [0.5, 0.6) is 5.75 Å². The fourth-order valence-electron chi connectivity index (χ4n) is 3.17. The maximum atomic E-state index is 13.1. The first-order valence-electron chi connectivity index (χ1n) is 9.17. The molecule has 0 bridgehead atoms. The fraction of sp³-hybridized carbons (Fsp3) is 0.174. The minimum Gasteiger partial charge on any atom is -0.497 e. The monoisotopic (exact) mass is 395 g/mol. The van der Waals surface area contributed by atoms with Crippen LogP contribution in [0.1, 0.15) is 30.1 Å². The fourth-order valence-corrected chi connectivity index (χ4v) is 3.48. The van der Waals surface area contributed by atoms with Gasteiger partial charge in [-0.05, 0) is 25.1 Å². The Labute approximate surface area is 170 Å². The van der Waals surface area contributed by atoms with Crippen LogP contribution in [0.3, 0.4) is 0 Å². The minimum atomic E-state index is -0.418. The van der Waals surface area contributed by atoms with Gasteiger partial charge in [0.15, 0.2) is 6.04 Å². The van der Waals surface area contributed by atoms with Gasteiger partial charge >= 0.3 is 0 Å². The summed E-state index contributed by atoms with van der Waals surface area (Å²) in [5, 5.41) is 5.74. The molecule has 0 saturated heterocycles. The molecule has 3 aromatic carbocycles. The van der Waals surface area contributed by atoms with E-state index in [1.807, 2.05) is 78.1 Å². The van der Waals surface area contributed by atoms with Gasteiger partial charge in [-0.2, -0.15) is 0 Å². The normalized spacial score (nSPS) is 12.8. The molecule has 4 nitrogen and oxygen atoms in total. The highest BCUT2D eigenvalue weighted by molar-refractivity contribution is 6.31. The molecular weight excluding hydrogens is 372 g/mol. The zero-order valence-electron chi connectivity index (χ0n) is 15.9. The molecule has 144 valence electrons. The van der Waals surface area contributed by atoms with E-state index in [9.17, 15) is 4.79 Å². The number of halogens is 1. The summed E-state index contributed by atoms with van der Waals surface area (Å²) in [6.45, 7) is 2.05. The van der Waals surface area contributed by atoms with Crippen molar-refractivity contribution < 1.29 is 14.8 Å². The molecule has 3 rings (SSSR count). The Morgan fingerprint density at radius 3 is 2.43 bits per heavy atom. The Morgan fingerprint density at radius 1 is 1.00 bits per heavy atom. The summed E-state index contributed by atoms with van der Waals surface area (Å²) in [4.78, 5) is 13.1. The zero-order valence-corrected chi connectivity index (χ0v) is 16.7. The second kappa shape index (κ2) is 9.40. The second-order valence-electron chi connectivity index (χ2n) is 6.61. The highest BCUT2D eigenvalue weighted by atomic mass is 35.5. The maximum absolute atomic E-state index is 13.1. The summed E-state index contributed by atoms with van der Waals surface area (Å²) in [7, 11) is 1.60. The molecule has 1 amide bonds. The third-order valence-electron chi connectivity index (χ3n) is 4.66. The van der Waals surface area contributed by atoms with E-state index in [4.69, 9.17) is 16.3 Å². The predicted molar refractivity (Wildman–Crippen MR) is 113 cm³/mol. The number of quaternary nitrogens is 1. The van der Waals surface area contributed by atoms with Crippen molar-refractivity contribution in [1.82, 2.24) is 0 Å². The SMILES string of the molecule is COc1cccc(NC(=O)[C@@H]([NH2+][C@@H](C)c2ccccc2Cl)c2ccccc2)c1. The molecule has 0 aromatic heterocycles. The zero-order chi connectivity index (χ0) is 19.9. The van der Waals surface area contributed by atoms with E-state index in [1.165, 1.54) is 0 Å².